The van der Waals surface area contributed by atoms with Gasteiger partial charge in [-0.25, -0.2) is 4.39 Å². The normalized spacial score (nSPS) is 13.1. The van der Waals surface area contributed by atoms with E-state index in [1.54, 1.807) is 6.07 Å². The molecule has 0 aliphatic heterocycles. The molecule has 0 spiro atoms. The monoisotopic (exact) mass is 237 g/mol. The zero-order valence-corrected chi connectivity index (χ0v) is 11.4. The van der Waals surface area contributed by atoms with E-state index in [-0.39, 0.29) is 11.7 Å². The van der Waals surface area contributed by atoms with E-state index < -0.39 is 0 Å². The summed E-state index contributed by atoms with van der Waals surface area (Å²) in [5, 5.41) is 3.40. The van der Waals surface area contributed by atoms with Crippen molar-refractivity contribution in [2.24, 2.45) is 5.92 Å². The summed E-state index contributed by atoms with van der Waals surface area (Å²) in [6.07, 6.45) is 0.979. The summed E-state index contributed by atoms with van der Waals surface area (Å²) >= 11 is 0. The van der Waals surface area contributed by atoms with Gasteiger partial charge in [0.2, 0.25) is 0 Å². The van der Waals surface area contributed by atoms with Gasteiger partial charge < -0.3 is 5.32 Å². The molecule has 1 aromatic carbocycles. The molecule has 0 aliphatic carbocycles. The second-order valence-electron chi connectivity index (χ2n) is 5.31. The largest absolute Gasteiger partial charge is 0.316 e. The average Bonchev–Trinajstić information content (AvgIpc) is 2.27. The molecule has 17 heavy (non-hydrogen) atoms. The van der Waals surface area contributed by atoms with Crippen molar-refractivity contribution in [3.05, 3.63) is 35.1 Å². The van der Waals surface area contributed by atoms with Crippen LogP contribution in [0.15, 0.2) is 18.2 Å². The molecule has 0 aromatic heterocycles. The maximum Gasteiger partial charge on any atom is 0.126 e. The Labute approximate surface area is 104 Å². The van der Waals surface area contributed by atoms with Crippen LogP contribution in [0.2, 0.25) is 0 Å². The highest BCUT2D eigenvalue weighted by Gasteiger charge is 2.10. The smallest absolute Gasteiger partial charge is 0.126 e. The maximum absolute atomic E-state index is 13.6. The van der Waals surface area contributed by atoms with Crippen molar-refractivity contribution in [2.45, 2.75) is 40.0 Å². The molecular formula is C15H24FN. The van der Waals surface area contributed by atoms with Crippen molar-refractivity contribution in [2.75, 3.05) is 13.1 Å². The first-order valence-corrected chi connectivity index (χ1v) is 6.47. The van der Waals surface area contributed by atoms with Crippen molar-refractivity contribution in [3.8, 4) is 0 Å². The summed E-state index contributed by atoms with van der Waals surface area (Å²) in [5.74, 6) is 0.863. The molecule has 2 heteroatoms. The summed E-state index contributed by atoms with van der Waals surface area (Å²) in [4.78, 5) is 0. The standard InChI is InChI=1S/C15H24FN/c1-11(2)10-17-8-7-13(4)14-9-12(3)5-6-15(14)16/h5-6,9,11,13,17H,7-8,10H2,1-4H3. The minimum absolute atomic E-state index is 0.0769. The predicted molar refractivity (Wildman–Crippen MR) is 71.9 cm³/mol. The number of hydrogen-bond donors (Lipinski definition) is 1. The van der Waals surface area contributed by atoms with Crippen LogP contribution in [-0.4, -0.2) is 13.1 Å². The van der Waals surface area contributed by atoms with Gasteiger partial charge in [-0.3, -0.25) is 0 Å². The zero-order chi connectivity index (χ0) is 12.8. The molecule has 1 rings (SSSR count). The molecule has 1 atom stereocenters. The molecule has 0 saturated heterocycles. The lowest BCUT2D eigenvalue weighted by molar-refractivity contribution is 0.514. The highest BCUT2D eigenvalue weighted by Crippen LogP contribution is 2.22. The molecule has 1 N–H and O–H groups in total. The summed E-state index contributed by atoms with van der Waals surface area (Å²) in [6.45, 7) is 10.5. The van der Waals surface area contributed by atoms with Crippen molar-refractivity contribution in [1.82, 2.24) is 5.32 Å². The van der Waals surface area contributed by atoms with E-state index in [9.17, 15) is 4.39 Å². The minimum atomic E-state index is -0.0769. The Morgan fingerprint density at radius 1 is 1.24 bits per heavy atom. The van der Waals surface area contributed by atoms with Crippen LogP contribution in [0.4, 0.5) is 4.39 Å². The van der Waals surface area contributed by atoms with Gasteiger partial charge in [-0.15, -0.1) is 0 Å². The van der Waals surface area contributed by atoms with Crippen LogP contribution in [-0.2, 0) is 0 Å². The number of hydrogen-bond acceptors (Lipinski definition) is 1. The summed E-state index contributed by atoms with van der Waals surface area (Å²) in [5.41, 5.74) is 1.97. The Morgan fingerprint density at radius 2 is 1.94 bits per heavy atom. The van der Waals surface area contributed by atoms with Gasteiger partial charge in [-0.05, 0) is 49.9 Å². The van der Waals surface area contributed by atoms with Crippen LogP contribution in [0.25, 0.3) is 0 Å². The molecule has 96 valence electrons. The number of aryl methyl sites for hydroxylation is 1. The average molecular weight is 237 g/mol. The van der Waals surface area contributed by atoms with Gasteiger partial charge in [0.25, 0.3) is 0 Å². The minimum Gasteiger partial charge on any atom is -0.316 e. The molecular weight excluding hydrogens is 213 g/mol. The quantitative estimate of drug-likeness (QED) is 0.740. The van der Waals surface area contributed by atoms with E-state index in [2.05, 4.69) is 26.1 Å². The SMILES string of the molecule is Cc1ccc(F)c(C(C)CCNCC(C)C)c1. The third kappa shape index (κ3) is 4.86. The lowest BCUT2D eigenvalue weighted by Gasteiger charge is -2.14. The second-order valence-corrected chi connectivity index (χ2v) is 5.31. The van der Waals surface area contributed by atoms with E-state index in [0.29, 0.717) is 5.92 Å². The Bertz CT molecular complexity index is 347. The number of rotatable bonds is 6. The van der Waals surface area contributed by atoms with Crippen LogP contribution >= 0.6 is 0 Å². The zero-order valence-electron chi connectivity index (χ0n) is 11.4. The molecule has 0 radical (unpaired) electrons. The second kappa shape index (κ2) is 6.75. The molecule has 1 nitrogen and oxygen atoms in total. The molecule has 0 fully saturated rings. The first kappa shape index (κ1) is 14.2. The number of benzene rings is 1. The van der Waals surface area contributed by atoms with E-state index in [1.807, 2.05) is 19.1 Å². The van der Waals surface area contributed by atoms with Gasteiger partial charge in [0, 0.05) is 0 Å². The Balaban J connectivity index is 2.46. The van der Waals surface area contributed by atoms with E-state index >= 15 is 0 Å². The molecule has 0 saturated carbocycles. The first-order valence-electron chi connectivity index (χ1n) is 6.47. The van der Waals surface area contributed by atoms with Crippen LogP contribution in [0.1, 0.15) is 44.2 Å². The van der Waals surface area contributed by atoms with Gasteiger partial charge >= 0.3 is 0 Å². The Kier molecular flexibility index (Phi) is 5.63. The van der Waals surface area contributed by atoms with Crippen molar-refractivity contribution >= 4 is 0 Å². The van der Waals surface area contributed by atoms with Gasteiger partial charge in [-0.2, -0.15) is 0 Å². The number of halogens is 1. The molecule has 0 amide bonds. The fourth-order valence-corrected chi connectivity index (χ4v) is 1.91. The van der Waals surface area contributed by atoms with Gasteiger partial charge in [-0.1, -0.05) is 38.5 Å². The topological polar surface area (TPSA) is 12.0 Å². The van der Waals surface area contributed by atoms with Crippen LogP contribution in [0, 0.1) is 18.7 Å². The molecule has 0 heterocycles. The van der Waals surface area contributed by atoms with Crippen molar-refractivity contribution in [3.63, 3.8) is 0 Å². The van der Waals surface area contributed by atoms with E-state index in [1.165, 1.54) is 0 Å². The van der Waals surface area contributed by atoms with Crippen LogP contribution in [0.3, 0.4) is 0 Å². The molecule has 0 aliphatic rings. The third-order valence-electron chi connectivity index (χ3n) is 2.99. The number of nitrogens with one attached hydrogen (secondary N) is 1. The van der Waals surface area contributed by atoms with Crippen LogP contribution in [0.5, 0.6) is 0 Å². The molecule has 0 bridgehead atoms. The molecule has 1 unspecified atom stereocenters. The van der Waals surface area contributed by atoms with E-state index in [0.717, 1.165) is 30.6 Å². The highest BCUT2D eigenvalue weighted by atomic mass is 19.1. The summed E-state index contributed by atoms with van der Waals surface area (Å²) in [7, 11) is 0. The third-order valence-corrected chi connectivity index (χ3v) is 2.99. The highest BCUT2D eigenvalue weighted by molar-refractivity contribution is 5.26. The summed E-state index contributed by atoms with van der Waals surface area (Å²) in [6, 6.07) is 5.35. The fraction of sp³-hybridized carbons (Fsp3) is 0.600. The Hall–Kier alpha value is -0.890. The Morgan fingerprint density at radius 3 is 2.59 bits per heavy atom. The van der Waals surface area contributed by atoms with Gasteiger partial charge in [0.1, 0.15) is 5.82 Å². The van der Waals surface area contributed by atoms with E-state index in [4.69, 9.17) is 0 Å². The van der Waals surface area contributed by atoms with Crippen molar-refractivity contribution in [1.29, 1.82) is 0 Å². The maximum atomic E-state index is 13.6. The fourth-order valence-electron chi connectivity index (χ4n) is 1.91. The first-order chi connectivity index (χ1) is 8.00. The lowest BCUT2D eigenvalue weighted by atomic mass is 9.95. The van der Waals surface area contributed by atoms with Crippen LogP contribution < -0.4 is 5.32 Å². The van der Waals surface area contributed by atoms with Gasteiger partial charge in [0.15, 0.2) is 0 Å². The molecule has 1 aromatic rings. The predicted octanol–water partition coefficient (Wildman–Crippen LogP) is 3.87. The summed E-state index contributed by atoms with van der Waals surface area (Å²) < 4.78 is 13.6. The van der Waals surface area contributed by atoms with Crippen molar-refractivity contribution < 1.29 is 4.39 Å². The van der Waals surface area contributed by atoms with Gasteiger partial charge in [0.05, 0.1) is 0 Å². The lowest BCUT2D eigenvalue weighted by Crippen LogP contribution is -2.22.